The first kappa shape index (κ1) is 8.67. The lowest BCUT2D eigenvalue weighted by atomic mass is 10.7. The van der Waals surface area contributed by atoms with E-state index >= 15 is 0 Å². The fourth-order valence-corrected chi connectivity index (χ4v) is 1.73. The van der Waals surface area contributed by atoms with Crippen LogP contribution in [-0.4, -0.2) is 11.0 Å². The number of carbonyl (C=O) groups excluding carboxylic acids is 1. The molecule has 60 valence electrons. The van der Waals surface area contributed by atoms with Crippen molar-refractivity contribution in [1.82, 2.24) is 4.98 Å². The smallest absolute Gasteiger partial charge is 0.309 e. The maximum Gasteiger partial charge on any atom is 0.309 e. The van der Waals surface area contributed by atoms with Gasteiger partial charge in [0.1, 0.15) is 4.60 Å². The third-order valence-corrected chi connectivity index (χ3v) is 2.83. The quantitative estimate of drug-likeness (QED) is 0.701. The summed E-state index contributed by atoms with van der Waals surface area (Å²) in [4.78, 5) is 15.4. The van der Waals surface area contributed by atoms with Crippen molar-refractivity contribution in [2.75, 3.05) is 0 Å². The van der Waals surface area contributed by atoms with Gasteiger partial charge in [-0.05, 0) is 22.9 Å². The monoisotopic (exact) mass is 235 g/mol. The number of aryl methyl sites for hydroxylation is 1. The summed E-state index contributed by atoms with van der Waals surface area (Å²) in [6, 6.07) is 0. The minimum absolute atomic E-state index is 0.341. The van der Waals surface area contributed by atoms with Gasteiger partial charge in [-0.1, -0.05) is 11.3 Å². The van der Waals surface area contributed by atoms with Crippen LogP contribution in [0.1, 0.15) is 11.8 Å². The van der Waals surface area contributed by atoms with Gasteiger partial charge in [0.25, 0.3) is 5.19 Å². The number of carbonyl (C=O) groups is 1. The SMILES string of the molecule is CC(=O)Oc1nc(Br)c(C)s1. The number of aromatic nitrogens is 1. The van der Waals surface area contributed by atoms with Crippen LogP contribution in [0, 0.1) is 6.92 Å². The van der Waals surface area contributed by atoms with Crippen LogP contribution in [0.15, 0.2) is 4.60 Å². The van der Waals surface area contributed by atoms with Crippen molar-refractivity contribution >= 4 is 33.2 Å². The zero-order chi connectivity index (χ0) is 8.43. The van der Waals surface area contributed by atoms with E-state index in [-0.39, 0.29) is 5.97 Å². The molecular formula is C6H6BrNO2S. The largest absolute Gasteiger partial charge is 0.398 e. The second-order valence-corrected chi connectivity index (χ2v) is 3.84. The molecule has 1 heterocycles. The summed E-state index contributed by atoms with van der Waals surface area (Å²) in [6.07, 6.45) is 0. The Morgan fingerprint density at radius 3 is 2.73 bits per heavy atom. The van der Waals surface area contributed by atoms with Gasteiger partial charge in [0.05, 0.1) is 0 Å². The van der Waals surface area contributed by atoms with E-state index in [1.54, 1.807) is 0 Å². The molecule has 0 aromatic carbocycles. The molecule has 1 rings (SSSR count). The third-order valence-electron chi connectivity index (χ3n) is 0.951. The summed E-state index contributed by atoms with van der Waals surface area (Å²) in [5.41, 5.74) is 0. The van der Waals surface area contributed by atoms with Gasteiger partial charge >= 0.3 is 5.97 Å². The molecule has 0 amide bonds. The summed E-state index contributed by atoms with van der Waals surface area (Å²) in [5, 5.41) is 0.391. The van der Waals surface area contributed by atoms with Crippen LogP contribution in [0.3, 0.4) is 0 Å². The van der Waals surface area contributed by atoms with Gasteiger partial charge in [-0.2, -0.15) is 4.98 Å². The van der Waals surface area contributed by atoms with Gasteiger partial charge in [-0.25, -0.2) is 0 Å². The van der Waals surface area contributed by atoms with Crippen LogP contribution in [-0.2, 0) is 4.79 Å². The minimum atomic E-state index is -0.341. The maximum atomic E-state index is 10.5. The second-order valence-electron chi connectivity index (χ2n) is 1.92. The number of thiazole rings is 1. The highest BCUT2D eigenvalue weighted by atomic mass is 79.9. The van der Waals surface area contributed by atoms with Crippen LogP contribution in [0.2, 0.25) is 0 Å². The second kappa shape index (κ2) is 3.32. The fourth-order valence-electron chi connectivity index (χ4n) is 0.521. The van der Waals surface area contributed by atoms with Crippen molar-refractivity contribution in [3.8, 4) is 5.19 Å². The molecule has 5 heteroatoms. The summed E-state index contributed by atoms with van der Waals surface area (Å²) in [6.45, 7) is 3.25. The van der Waals surface area contributed by atoms with Crippen molar-refractivity contribution in [2.45, 2.75) is 13.8 Å². The molecule has 11 heavy (non-hydrogen) atoms. The van der Waals surface area contributed by atoms with E-state index in [1.807, 2.05) is 6.92 Å². The van der Waals surface area contributed by atoms with Gasteiger partial charge in [0.15, 0.2) is 0 Å². The number of esters is 1. The van der Waals surface area contributed by atoms with E-state index in [9.17, 15) is 4.79 Å². The molecule has 0 atom stereocenters. The molecule has 0 aliphatic rings. The molecule has 0 saturated heterocycles. The van der Waals surface area contributed by atoms with Gasteiger partial charge in [-0.15, -0.1) is 0 Å². The lowest BCUT2D eigenvalue weighted by Crippen LogP contribution is -2.00. The molecule has 0 spiro atoms. The normalized spacial score (nSPS) is 9.73. The van der Waals surface area contributed by atoms with Gasteiger partial charge in [0.2, 0.25) is 0 Å². The van der Waals surface area contributed by atoms with Gasteiger partial charge in [0, 0.05) is 11.8 Å². The van der Waals surface area contributed by atoms with Crippen LogP contribution in [0.25, 0.3) is 0 Å². The van der Waals surface area contributed by atoms with Crippen LogP contribution in [0.4, 0.5) is 0 Å². The lowest BCUT2D eigenvalue weighted by Gasteiger charge is -1.90. The van der Waals surface area contributed by atoms with Crippen molar-refractivity contribution in [3.63, 3.8) is 0 Å². The minimum Gasteiger partial charge on any atom is -0.398 e. The van der Waals surface area contributed by atoms with Crippen LogP contribution < -0.4 is 4.74 Å². The molecule has 3 nitrogen and oxygen atoms in total. The first-order valence-electron chi connectivity index (χ1n) is 2.91. The highest BCUT2D eigenvalue weighted by molar-refractivity contribution is 9.10. The molecule has 0 radical (unpaired) electrons. The van der Waals surface area contributed by atoms with Crippen LogP contribution >= 0.6 is 27.3 Å². The van der Waals surface area contributed by atoms with E-state index in [0.29, 0.717) is 5.19 Å². The average Bonchev–Trinajstić information content (AvgIpc) is 2.10. The number of rotatable bonds is 1. The third kappa shape index (κ3) is 2.27. The molecule has 0 unspecified atom stereocenters. The number of hydrogen-bond donors (Lipinski definition) is 0. The Kier molecular flexibility index (Phi) is 2.62. The van der Waals surface area contributed by atoms with E-state index in [0.717, 1.165) is 9.48 Å². The van der Waals surface area contributed by atoms with Crippen molar-refractivity contribution in [3.05, 3.63) is 9.48 Å². The summed E-state index contributed by atoms with van der Waals surface area (Å²) in [7, 11) is 0. The predicted octanol–water partition coefficient (Wildman–Crippen LogP) is 2.14. The molecule has 0 saturated carbocycles. The number of halogens is 1. The molecule has 0 fully saturated rings. The molecule has 0 bridgehead atoms. The van der Waals surface area contributed by atoms with Gasteiger partial charge < -0.3 is 4.74 Å². The van der Waals surface area contributed by atoms with Crippen LogP contribution in [0.5, 0.6) is 5.19 Å². The Balaban J connectivity index is 2.81. The average molecular weight is 236 g/mol. The number of nitrogens with zero attached hydrogens (tertiary/aromatic N) is 1. The van der Waals surface area contributed by atoms with Crippen molar-refractivity contribution in [2.24, 2.45) is 0 Å². The summed E-state index contributed by atoms with van der Waals surface area (Å²) < 4.78 is 5.49. The zero-order valence-electron chi connectivity index (χ0n) is 6.05. The lowest BCUT2D eigenvalue weighted by molar-refractivity contribution is -0.131. The Morgan fingerprint density at radius 1 is 1.73 bits per heavy atom. The highest BCUT2D eigenvalue weighted by Gasteiger charge is 2.06. The summed E-state index contributed by atoms with van der Waals surface area (Å²) in [5.74, 6) is -0.341. The molecule has 0 aliphatic carbocycles. The molecule has 1 aromatic rings. The van der Waals surface area contributed by atoms with E-state index in [1.165, 1.54) is 18.3 Å². The maximum absolute atomic E-state index is 10.5. The van der Waals surface area contributed by atoms with Gasteiger partial charge in [-0.3, -0.25) is 4.79 Å². The van der Waals surface area contributed by atoms with Crippen molar-refractivity contribution < 1.29 is 9.53 Å². The molecule has 0 N–H and O–H groups in total. The Morgan fingerprint density at radius 2 is 2.36 bits per heavy atom. The Bertz CT molecular complexity index is 265. The van der Waals surface area contributed by atoms with Crippen molar-refractivity contribution in [1.29, 1.82) is 0 Å². The molecular weight excluding hydrogens is 230 g/mol. The topological polar surface area (TPSA) is 39.2 Å². The highest BCUT2D eigenvalue weighted by Crippen LogP contribution is 2.27. The molecule has 1 aromatic heterocycles. The Hall–Kier alpha value is -0.420. The Labute approximate surface area is 76.5 Å². The van der Waals surface area contributed by atoms with E-state index < -0.39 is 0 Å². The summed E-state index contributed by atoms with van der Waals surface area (Å²) >= 11 is 4.56. The number of ether oxygens (including phenoxy) is 1. The first-order valence-corrected chi connectivity index (χ1v) is 4.52. The predicted molar refractivity (Wildman–Crippen MR) is 45.9 cm³/mol. The number of hydrogen-bond acceptors (Lipinski definition) is 4. The fraction of sp³-hybridized carbons (Fsp3) is 0.333. The first-order chi connectivity index (χ1) is 5.09. The molecule has 0 aliphatic heterocycles. The zero-order valence-corrected chi connectivity index (χ0v) is 8.45. The standard InChI is InChI=1S/C6H6BrNO2S/c1-3-5(7)8-6(11-3)10-4(2)9/h1-2H3. The van der Waals surface area contributed by atoms with E-state index in [2.05, 4.69) is 20.9 Å². The van der Waals surface area contributed by atoms with E-state index in [4.69, 9.17) is 4.74 Å².